The van der Waals surface area contributed by atoms with E-state index in [1.807, 2.05) is 0 Å². The number of hydrogen-bond donors (Lipinski definition) is 3. The standard InChI is InChI=1S/C12H24N3O15PS3/c1-13(4-10(16)28-32(19,20)21)7-31(8-14(2)5-11(17)29-33(22,23)24)9-15(3)6-12(18)30-34(25,26)27/h4-9H2,1-3H3,(H,19,20,21)(H,22,23,24)(H,25,26,27). The van der Waals surface area contributed by atoms with Gasteiger partial charge in [0.1, 0.15) is 0 Å². The third kappa shape index (κ3) is 18.8. The Morgan fingerprint density at radius 1 is 0.588 bits per heavy atom. The minimum atomic E-state index is -5.02. The van der Waals surface area contributed by atoms with E-state index in [1.54, 1.807) is 0 Å². The van der Waals surface area contributed by atoms with Gasteiger partial charge in [0, 0.05) is 18.9 Å². The molecule has 0 unspecified atom stereocenters. The molecule has 22 heteroatoms. The Bertz CT molecular complexity index is 913. The molecular weight excluding hydrogens is 553 g/mol. The molecule has 0 saturated carbocycles. The van der Waals surface area contributed by atoms with Crippen LogP contribution in [-0.4, -0.2) is 131 Å². The average molecular weight is 578 g/mol. The number of carbonyl (C=O) groups is 3. The first kappa shape index (κ1) is 32.5. The summed E-state index contributed by atoms with van der Waals surface area (Å²) >= 11 is 0. The van der Waals surface area contributed by atoms with Gasteiger partial charge in [0.25, 0.3) is 0 Å². The highest BCUT2D eigenvalue weighted by Gasteiger charge is 2.23. The molecule has 34 heavy (non-hydrogen) atoms. The molecular formula is C12H24N3O15PS3. The molecule has 0 amide bonds. The predicted octanol–water partition coefficient (Wildman–Crippen LogP) is -2.83. The third-order valence-corrected chi connectivity index (χ3v) is 6.95. The zero-order valence-corrected chi connectivity index (χ0v) is 21.3. The van der Waals surface area contributed by atoms with Crippen molar-refractivity contribution in [3.63, 3.8) is 0 Å². The molecule has 0 aliphatic rings. The van der Waals surface area contributed by atoms with Gasteiger partial charge >= 0.3 is 49.1 Å². The molecule has 0 rings (SSSR count). The maximum atomic E-state index is 11.6. The van der Waals surface area contributed by atoms with Crippen LogP contribution in [-0.2, 0) is 58.1 Å². The van der Waals surface area contributed by atoms with Gasteiger partial charge in [0.05, 0.1) is 19.6 Å². The zero-order valence-electron chi connectivity index (χ0n) is 18.0. The van der Waals surface area contributed by atoms with E-state index in [1.165, 1.54) is 35.8 Å². The first-order valence-electron chi connectivity index (χ1n) is 8.52. The number of hydrogen-bond acceptors (Lipinski definition) is 15. The summed E-state index contributed by atoms with van der Waals surface area (Å²) in [5, 5.41) is 0. The summed E-state index contributed by atoms with van der Waals surface area (Å²) in [6, 6.07) is 0. The van der Waals surface area contributed by atoms with E-state index in [2.05, 4.69) is 12.5 Å². The highest BCUT2D eigenvalue weighted by atomic mass is 32.3. The summed E-state index contributed by atoms with van der Waals surface area (Å²) in [5.74, 6) is -3.93. The van der Waals surface area contributed by atoms with Crippen molar-refractivity contribution in [2.45, 2.75) is 0 Å². The molecule has 200 valence electrons. The lowest BCUT2D eigenvalue weighted by Crippen LogP contribution is -2.35. The van der Waals surface area contributed by atoms with Gasteiger partial charge in [0.15, 0.2) is 0 Å². The minimum absolute atomic E-state index is 0.0330. The van der Waals surface area contributed by atoms with Crippen molar-refractivity contribution in [2.24, 2.45) is 0 Å². The largest absolute Gasteiger partial charge is 0.449 e. The van der Waals surface area contributed by atoms with Crippen LogP contribution in [0, 0.1) is 0 Å². The SMILES string of the molecule is CN(CC(=O)OS(=O)(=O)O)CP(CN(C)CC(=O)OS(=O)(=O)O)CN(C)CC(=O)OS(=O)(=O)O. The molecule has 0 radical (unpaired) electrons. The van der Waals surface area contributed by atoms with Gasteiger partial charge in [-0.25, -0.2) is 14.4 Å². The van der Waals surface area contributed by atoms with Crippen LogP contribution in [0.2, 0.25) is 0 Å². The zero-order chi connectivity index (χ0) is 26.9. The summed E-state index contributed by atoms with van der Waals surface area (Å²) in [6.07, 6.45) is 0.0991. The second-order valence-corrected chi connectivity index (χ2v) is 12.0. The predicted molar refractivity (Wildman–Crippen MR) is 112 cm³/mol. The number of nitrogens with zero attached hydrogens (tertiary/aromatic N) is 3. The van der Waals surface area contributed by atoms with Gasteiger partial charge < -0.3 is 12.5 Å². The van der Waals surface area contributed by atoms with Crippen molar-refractivity contribution < 1.29 is 65.8 Å². The Balaban J connectivity index is 5.24. The summed E-state index contributed by atoms with van der Waals surface area (Å²) in [5.41, 5.74) is 0. The van der Waals surface area contributed by atoms with E-state index < -0.39 is 76.7 Å². The van der Waals surface area contributed by atoms with Crippen LogP contribution in [0.1, 0.15) is 0 Å². The second kappa shape index (κ2) is 13.5. The molecule has 0 heterocycles. The fourth-order valence-electron chi connectivity index (χ4n) is 2.40. The number of likely N-dealkylation sites (N-methyl/N-ethyl adjacent to an activating group) is 3. The van der Waals surface area contributed by atoms with E-state index in [9.17, 15) is 39.6 Å². The quantitative estimate of drug-likeness (QED) is 0.131. The highest BCUT2D eigenvalue weighted by Crippen LogP contribution is 2.37. The van der Waals surface area contributed by atoms with Gasteiger partial charge in [-0.15, -0.1) is 0 Å². The third-order valence-electron chi connectivity index (χ3n) is 3.12. The van der Waals surface area contributed by atoms with Crippen LogP contribution in [0.3, 0.4) is 0 Å². The van der Waals surface area contributed by atoms with Crippen molar-refractivity contribution in [3.8, 4) is 0 Å². The minimum Gasteiger partial charge on any atom is -0.324 e. The van der Waals surface area contributed by atoms with Crippen molar-refractivity contribution >= 4 is 57.0 Å². The van der Waals surface area contributed by atoms with Crippen molar-refractivity contribution in [1.29, 1.82) is 0 Å². The van der Waals surface area contributed by atoms with Crippen molar-refractivity contribution in [2.75, 3.05) is 59.6 Å². The van der Waals surface area contributed by atoms with Crippen LogP contribution < -0.4 is 0 Å². The average Bonchev–Trinajstić information content (AvgIpc) is 2.47. The van der Waals surface area contributed by atoms with Crippen LogP contribution in [0.15, 0.2) is 0 Å². The highest BCUT2D eigenvalue weighted by molar-refractivity contribution is 7.81. The molecule has 3 N–H and O–H groups in total. The lowest BCUT2D eigenvalue weighted by atomic mass is 10.6. The molecule has 0 aliphatic heterocycles. The first-order chi connectivity index (χ1) is 15.1. The Kier molecular flexibility index (Phi) is 12.9. The fraction of sp³-hybridized carbons (Fsp3) is 0.750. The van der Waals surface area contributed by atoms with Gasteiger partial charge in [-0.05, 0) is 21.1 Å². The summed E-state index contributed by atoms with van der Waals surface area (Å²) in [7, 11) is -12.3. The van der Waals surface area contributed by atoms with Crippen LogP contribution in [0.4, 0.5) is 0 Å². The van der Waals surface area contributed by atoms with E-state index in [-0.39, 0.29) is 18.9 Å². The fourth-order valence-corrected chi connectivity index (χ4v) is 5.88. The van der Waals surface area contributed by atoms with Crippen LogP contribution in [0.5, 0.6) is 0 Å². The number of rotatable bonds is 15. The van der Waals surface area contributed by atoms with Crippen LogP contribution >= 0.6 is 7.92 Å². The molecule has 18 nitrogen and oxygen atoms in total. The Morgan fingerprint density at radius 3 is 0.971 bits per heavy atom. The van der Waals surface area contributed by atoms with Gasteiger partial charge in [0.2, 0.25) is 0 Å². The monoisotopic (exact) mass is 577 g/mol. The normalized spacial score (nSPS) is 12.9. The van der Waals surface area contributed by atoms with E-state index in [4.69, 9.17) is 13.7 Å². The molecule has 0 aromatic carbocycles. The molecule has 0 fully saturated rings. The van der Waals surface area contributed by atoms with Crippen molar-refractivity contribution in [3.05, 3.63) is 0 Å². The molecule has 0 aliphatic carbocycles. The first-order valence-corrected chi connectivity index (χ1v) is 14.5. The van der Waals surface area contributed by atoms with Gasteiger partial charge in [-0.1, -0.05) is 7.92 Å². The lowest BCUT2D eigenvalue weighted by molar-refractivity contribution is -0.136. The second-order valence-electron chi connectivity index (χ2n) is 6.79. The summed E-state index contributed by atoms with van der Waals surface area (Å²) in [6.45, 7) is -1.79. The Hall–Kier alpha value is -1.55. The molecule has 0 aromatic heterocycles. The van der Waals surface area contributed by atoms with E-state index >= 15 is 0 Å². The Labute approximate surface area is 197 Å². The maximum Gasteiger partial charge on any atom is 0.449 e. The molecule has 0 bridgehead atoms. The van der Waals surface area contributed by atoms with Gasteiger partial charge in [-0.3, -0.25) is 28.4 Å². The molecule has 0 saturated heterocycles. The van der Waals surface area contributed by atoms with E-state index in [0.29, 0.717) is 0 Å². The van der Waals surface area contributed by atoms with Crippen molar-refractivity contribution in [1.82, 2.24) is 14.7 Å². The van der Waals surface area contributed by atoms with Crippen LogP contribution in [0.25, 0.3) is 0 Å². The van der Waals surface area contributed by atoms with E-state index in [0.717, 1.165) is 0 Å². The Morgan fingerprint density at radius 2 is 0.794 bits per heavy atom. The lowest BCUT2D eigenvalue weighted by Gasteiger charge is -2.30. The summed E-state index contributed by atoms with van der Waals surface area (Å²) < 4.78 is 101. The smallest absolute Gasteiger partial charge is 0.324 e. The topological polar surface area (TPSA) is 252 Å². The molecule has 0 atom stereocenters. The summed E-state index contributed by atoms with van der Waals surface area (Å²) in [4.78, 5) is 38.5. The molecule has 0 aromatic rings. The number of carbonyl (C=O) groups excluding carboxylic acids is 3. The van der Waals surface area contributed by atoms with Gasteiger partial charge in [-0.2, -0.15) is 25.3 Å². The molecule has 0 spiro atoms. The maximum absolute atomic E-state index is 11.6.